The van der Waals surface area contributed by atoms with Crippen LogP contribution in [0.4, 0.5) is 0 Å². The molecule has 0 saturated carbocycles. The molecule has 2 saturated heterocycles. The number of amides is 1. The standard InChI is InChI=1S/C13H25N3O/c1-9(2)12(14)13(17)15-10-5-7-16-6-3-4-11(16)8-10/h9-12H,3-8,14H2,1-2H3,(H,15,17). The summed E-state index contributed by atoms with van der Waals surface area (Å²) >= 11 is 0. The highest BCUT2D eigenvalue weighted by Gasteiger charge is 2.32. The molecule has 0 spiro atoms. The van der Waals surface area contributed by atoms with E-state index in [2.05, 4.69) is 10.2 Å². The molecule has 3 atom stereocenters. The van der Waals surface area contributed by atoms with Gasteiger partial charge in [0.25, 0.3) is 0 Å². The van der Waals surface area contributed by atoms with Gasteiger partial charge in [0.1, 0.15) is 0 Å². The summed E-state index contributed by atoms with van der Waals surface area (Å²) in [6.07, 6.45) is 4.79. The van der Waals surface area contributed by atoms with Crippen molar-refractivity contribution in [3.63, 3.8) is 0 Å². The molecule has 2 fully saturated rings. The van der Waals surface area contributed by atoms with E-state index in [0.717, 1.165) is 19.4 Å². The summed E-state index contributed by atoms with van der Waals surface area (Å²) in [6.45, 7) is 6.36. The lowest BCUT2D eigenvalue weighted by Gasteiger charge is -2.35. The van der Waals surface area contributed by atoms with Crippen molar-refractivity contribution < 1.29 is 4.79 Å². The van der Waals surface area contributed by atoms with E-state index < -0.39 is 0 Å². The van der Waals surface area contributed by atoms with Gasteiger partial charge in [-0.3, -0.25) is 4.79 Å². The van der Waals surface area contributed by atoms with Crippen molar-refractivity contribution in [3.05, 3.63) is 0 Å². The molecule has 3 N–H and O–H groups in total. The minimum atomic E-state index is -0.364. The minimum absolute atomic E-state index is 0.0245. The number of fused-ring (bicyclic) bond motifs is 1. The lowest BCUT2D eigenvalue weighted by atomic mass is 9.96. The van der Waals surface area contributed by atoms with Gasteiger partial charge in [-0.2, -0.15) is 0 Å². The molecule has 0 bridgehead atoms. The summed E-state index contributed by atoms with van der Waals surface area (Å²) in [7, 11) is 0. The van der Waals surface area contributed by atoms with Crippen LogP contribution in [0.5, 0.6) is 0 Å². The molecule has 2 rings (SSSR count). The molecule has 1 amide bonds. The summed E-state index contributed by atoms with van der Waals surface area (Å²) in [5.74, 6) is 0.234. The Morgan fingerprint density at radius 3 is 2.82 bits per heavy atom. The zero-order chi connectivity index (χ0) is 12.4. The second-order valence-corrected chi connectivity index (χ2v) is 5.83. The molecule has 2 aliphatic rings. The fraction of sp³-hybridized carbons (Fsp3) is 0.923. The lowest BCUT2D eigenvalue weighted by molar-refractivity contribution is -0.124. The van der Waals surface area contributed by atoms with Gasteiger partial charge in [-0.15, -0.1) is 0 Å². The molecule has 4 nitrogen and oxygen atoms in total. The van der Waals surface area contributed by atoms with Crippen LogP contribution in [-0.2, 0) is 4.79 Å². The first-order valence-electron chi connectivity index (χ1n) is 6.88. The Morgan fingerprint density at radius 1 is 1.35 bits per heavy atom. The number of carbonyl (C=O) groups excluding carboxylic acids is 1. The van der Waals surface area contributed by atoms with Crippen LogP contribution in [0.2, 0.25) is 0 Å². The van der Waals surface area contributed by atoms with Gasteiger partial charge in [-0.25, -0.2) is 0 Å². The SMILES string of the molecule is CC(C)C(N)C(=O)NC1CCN2CCCC2C1. The maximum Gasteiger partial charge on any atom is 0.237 e. The first kappa shape index (κ1) is 12.8. The number of rotatable bonds is 3. The van der Waals surface area contributed by atoms with E-state index in [4.69, 9.17) is 5.73 Å². The van der Waals surface area contributed by atoms with E-state index >= 15 is 0 Å². The molecule has 0 aliphatic carbocycles. The van der Waals surface area contributed by atoms with E-state index in [1.807, 2.05) is 13.8 Å². The largest absolute Gasteiger partial charge is 0.352 e. The predicted molar refractivity (Wildman–Crippen MR) is 68.6 cm³/mol. The molecule has 2 heterocycles. The highest BCUT2D eigenvalue weighted by molar-refractivity contribution is 5.82. The Morgan fingerprint density at radius 2 is 2.12 bits per heavy atom. The number of hydrogen-bond acceptors (Lipinski definition) is 3. The van der Waals surface area contributed by atoms with E-state index in [1.54, 1.807) is 0 Å². The molecule has 2 aliphatic heterocycles. The van der Waals surface area contributed by atoms with Gasteiger partial charge in [-0.05, 0) is 38.1 Å². The van der Waals surface area contributed by atoms with Crippen LogP contribution in [0.3, 0.4) is 0 Å². The van der Waals surface area contributed by atoms with Crippen molar-refractivity contribution in [2.75, 3.05) is 13.1 Å². The molecule has 0 radical (unpaired) electrons. The van der Waals surface area contributed by atoms with E-state index in [0.29, 0.717) is 12.1 Å². The zero-order valence-electron chi connectivity index (χ0n) is 11.0. The number of nitrogens with zero attached hydrogens (tertiary/aromatic N) is 1. The highest BCUT2D eigenvalue weighted by atomic mass is 16.2. The Hall–Kier alpha value is -0.610. The van der Waals surface area contributed by atoms with Crippen molar-refractivity contribution in [3.8, 4) is 0 Å². The lowest BCUT2D eigenvalue weighted by Crippen LogP contribution is -2.52. The van der Waals surface area contributed by atoms with Gasteiger partial charge >= 0.3 is 0 Å². The topological polar surface area (TPSA) is 58.4 Å². The Balaban J connectivity index is 1.82. The smallest absolute Gasteiger partial charge is 0.237 e. The molecule has 0 aromatic heterocycles. The van der Waals surface area contributed by atoms with Gasteiger partial charge in [-0.1, -0.05) is 13.8 Å². The molecule has 17 heavy (non-hydrogen) atoms. The van der Waals surface area contributed by atoms with Crippen LogP contribution < -0.4 is 11.1 Å². The summed E-state index contributed by atoms with van der Waals surface area (Å²) in [5, 5.41) is 3.12. The average Bonchev–Trinajstić information content (AvgIpc) is 2.74. The third-order valence-electron chi connectivity index (χ3n) is 4.19. The van der Waals surface area contributed by atoms with Crippen molar-refractivity contribution in [1.29, 1.82) is 0 Å². The van der Waals surface area contributed by atoms with Gasteiger partial charge in [0.2, 0.25) is 5.91 Å². The maximum atomic E-state index is 11.9. The average molecular weight is 239 g/mol. The zero-order valence-corrected chi connectivity index (χ0v) is 11.0. The summed E-state index contributed by atoms with van der Waals surface area (Å²) in [6, 6.07) is 0.674. The molecule has 0 aromatic rings. The second-order valence-electron chi connectivity index (χ2n) is 5.83. The third kappa shape index (κ3) is 2.99. The number of nitrogens with two attached hydrogens (primary N) is 1. The maximum absolute atomic E-state index is 11.9. The number of hydrogen-bond donors (Lipinski definition) is 2. The molecule has 98 valence electrons. The van der Waals surface area contributed by atoms with E-state index in [9.17, 15) is 4.79 Å². The van der Waals surface area contributed by atoms with Crippen LogP contribution in [0.1, 0.15) is 39.5 Å². The van der Waals surface area contributed by atoms with E-state index in [-0.39, 0.29) is 17.9 Å². The van der Waals surface area contributed by atoms with Gasteiger partial charge in [0.05, 0.1) is 6.04 Å². The van der Waals surface area contributed by atoms with Gasteiger partial charge in [0, 0.05) is 18.6 Å². The van der Waals surface area contributed by atoms with Crippen LogP contribution in [0, 0.1) is 5.92 Å². The number of carbonyl (C=O) groups is 1. The fourth-order valence-corrected chi connectivity index (χ4v) is 2.96. The van der Waals surface area contributed by atoms with Crippen LogP contribution >= 0.6 is 0 Å². The fourth-order valence-electron chi connectivity index (χ4n) is 2.96. The summed E-state index contributed by atoms with van der Waals surface area (Å²) < 4.78 is 0. The molecule has 3 unspecified atom stereocenters. The highest BCUT2D eigenvalue weighted by Crippen LogP contribution is 2.26. The first-order chi connectivity index (χ1) is 8.08. The minimum Gasteiger partial charge on any atom is -0.352 e. The molecule has 4 heteroatoms. The predicted octanol–water partition coefficient (Wildman–Crippen LogP) is 0.713. The monoisotopic (exact) mass is 239 g/mol. The summed E-state index contributed by atoms with van der Waals surface area (Å²) in [4.78, 5) is 14.5. The molecular formula is C13H25N3O. The Kier molecular flexibility index (Phi) is 4.05. The molecule has 0 aromatic carbocycles. The van der Waals surface area contributed by atoms with Crippen molar-refractivity contribution >= 4 is 5.91 Å². The third-order valence-corrected chi connectivity index (χ3v) is 4.19. The van der Waals surface area contributed by atoms with E-state index in [1.165, 1.54) is 19.4 Å². The van der Waals surface area contributed by atoms with Crippen LogP contribution in [0.15, 0.2) is 0 Å². The molecular weight excluding hydrogens is 214 g/mol. The normalized spacial score (nSPS) is 31.3. The van der Waals surface area contributed by atoms with Crippen molar-refractivity contribution in [2.45, 2.75) is 57.7 Å². The van der Waals surface area contributed by atoms with Gasteiger partial charge in [0.15, 0.2) is 0 Å². The Bertz CT molecular complexity index is 280. The van der Waals surface area contributed by atoms with Crippen LogP contribution in [0.25, 0.3) is 0 Å². The summed E-state index contributed by atoms with van der Waals surface area (Å²) in [5.41, 5.74) is 5.86. The number of piperidine rings is 1. The number of nitrogens with one attached hydrogen (secondary N) is 1. The second kappa shape index (κ2) is 5.36. The van der Waals surface area contributed by atoms with Gasteiger partial charge < -0.3 is 16.0 Å². The van der Waals surface area contributed by atoms with Crippen molar-refractivity contribution in [1.82, 2.24) is 10.2 Å². The first-order valence-corrected chi connectivity index (χ1v) is 6.88. The quantitative estimate of drug-likeness (QED) is 0.762. The van der Waals surface area contributed by atoms with Crippen molar-refractivity contribution in [2.24, 2.45) is 11.7 Å². The Labute approximate surface area is 104 Å². The van der Waals surface area contributed by atoms with Crippen LogP contribution in [-0.4, -0.2) is 42.0 Å².